The number of hydrogen-bond acceptors (Lipinski definition) is 3. The molecule has 2 aromatic carbocycles. The molecule has 0 aromatic heterocycles. The summed E-state index contributed by atoms with van der Waals surface area (Å²) in [7, 11) is 0. The predicted molar refractivity (Wildman–Crippen MR) is 115 cm³/mol. The molecule has 7 heteroatoms. The highest BCUT2D eigenvalue weighted by molar-refractivity contribution is 9.10. The molecule has 1 atom stereocenters. The van der Waals surface area contributed by atoms with E-state index >= 15 is 0 Å². The van der Waals surface area contributed by atoms with Gasteiger partial charge in [0, 0.05) is 15.1 Å². The molecule has 28 heavy (non-hydrogen) atoms. The molecule has 0 saturated carbocycles. The molecule has 144 valence electrons. The number of rotatable bonds is 6. The number of nitrogens with zero attached hydrogens (tertiary/aromatic N) is 2. The SMILES string of the molecule is CCC1=NN(c2ccc(Br)cc2)C(=O)C1C/C(=C/c1ccc(Cl)cc1)C(=O)O. The number of anilines is 1. The molecule has 1 aliphatic rings. The molecule has 0 radical (unpaired) electrons. The Balaban J connectivity index is 1.87. The molecule has 1 aliphatic heterocycles. The number of hydrogen-bond donors (Lipinski definition) is 1. The van der Waals surface area contributed by atoms with E-state index in [1.54, 1.807) is 42.5 Å². The van der Waals surface area contributed by atoms with E-state index in [9.17, 15) is 14.7 Å². The van der Waals surface area contributed by atoms with E-state index in [2.05, 4.69) is 21.0 Å². The van der Waals surface area contributed by atoms with Crippen LogP contribution in [0.15, 0.2) is 63.7 Å². The van der Waals surface area contributed by atoms with Gasteiger partial charge in [0.2, 0.25) is 0 Å². The van der Waals surface area contributed by atoms with Crippen molar-refractivity contribution in [1.82, 2.24) is 0 Å². The molecule has 0 aliphatic carbocycles. The number of halogens is 2. The zero-order valence-electron chi connectivity index (χ0n) is 15.1. The molecule has 1 amide bonds. The van der Waals surface area contributed by atoms with E-state index in [0.717, 1.165) is 4.47 Å². The lowest BCUT2D eigenvalue weighted by molar-refractivity contribution is -0.132. The van der Waals surface area contributed by atoms with Gasteiger partial charge in [0.1, 0.15) is 0 Å². The van der Waals surface area contributed by atoms with Gasteiger partial charge in [-0.3, -0.25) is 4.79 Å². The lowest BCUT2D eigenvalue weighted by atomic mass is 9.92. The summed E-state index contributed by atoms with van der Waals surface area (Å²) in [6.45, 7) is 1.91. The van der Waals surface area contributed by atoms with Gasteiger partial charge in [0.05, 0.1) is 17.3 Å². The minimum Gasteiger partial charge on any atom is -0.478 e. The quantitative estimate of drug-likeness (QED) is 0.586. The molecule has 5 nitrogen and oxygen atoms in total. The monoisotopic (exact) mass is 460 g/mol. The van der Waals surface area contributed by atoms with E-state index in [0.29, 0.717) is 28.4 Å². The van der Waals surface area contributed by atoms with Crippen LogP contribution in [0.1, 0.15) is 25.3 Å². The summed E-state index contributed by atoms with van der Waals surface area (Å²) in [6.07, 6.45) is 2.22. The highest BCUT2D eigenvalue weighted by Crippen LogP contribution is 2.30. The molecular formula is C21H18BrClN2O3. The van der Waals surface area contributed by atoms with Crippen LogP contribution in [0.4, 0.5) is 5.69 Å². The van der Waals surface area contributed by atoms with Gasteiger partial charge in [0.25, 0.3) is 5.91 Å². The van der Waals surface area contributed by atoms with Crippen LogP contribution in [0.25, 0.3) is 6.08 Å². The van der Waals surface area contributed by atoms with E-state index in [1.807, 2.05) is 19.1 Å². The Morgan fingerprint density at radius 3 is 2.43 bits per heavy atom. The van der Waals surface area contributed by atoms with Crippen molar-refractivity contribution in [2.24, 2.45) is 11.0 Å². The smallest absolute Gasteiger partial charge is 0.331 e. The van der Waals surface area contributed by atoms with Crippen molar-refractivity contribution in [2.45, 2.75) is 19.8 Å². The first kappa shape index (κ1) is 20.3. The maximum absolute atomic E-state index is 13.0. The molecular weight excluding hydrogens is 444 g/mol. The van der Waals surface area contributed by atoms with Gasteiger partial charge in [-0.15, -0.1) is 0 Å². The van der Waals surface area contributed by atoms with Gasteiger partial charge >= 0.3 is 5.97 Å². The Bertz CT molecular complexity index is 953. The van der Waals surface area contributed by atoms with Crippen molar-refractivity contribution in [1.29, 1.82) is 0 Å². The van der Waals surface area contributed by atoms with Crippen LogP contribution >= 0.6 is 27.5 Å². The van der Waals surface area contributed by atoms with Crippen molar-refractivity contribution in [3.63, 3.8) is 0 Å². The van der Waals surface area contributed by atoms with Crippen LogP contribution in [-0.4, -0.2) is 22.7 Å². The summed E-state index contributed by atoms with van der Waals surface area (Å²) in [6, 6.07) is 14.1. The fourth-order valence-corrected chi connectivity index (χ4v) is 3.41. The lowest BCUT2D eigenvalue weighted by Crippen LogP contribution is -2.28. The van der Waals surface area contributed by atoms with E-state index in [-0.39, 0.29) is 17.9 Å². The molecule has 0 fully saturated rings. The molecule has 0 spiro atoms. The van der Waals surface area contributed by atoms with Gasteiger partial charge < -0.3 is 5.11 Å². The fourth-order valence-electron chi connectivity index (χ4n) is 3.02. The Morgan fingerprint density at radius 2 is 1.86 bits per heavy atom. The summed E-state index contributed by atoms with van der Waals surface area (Å²) >= 11 is 9.25. The number of hydrazone groups is 1. The predicted octanol–water partition coefficient (Wildman–Crippen LogP) is 5.39. The van der Waals surface area contributed by atoms with Gasteiger partial charge in [-0.1, -0.05) is 46.6 Å². The summed E-state index contributed by atoms with van der Waals surface area (Å²) < 4.78 is 0.901. The molecule has 0 bridgehead atoms. The number of aliphatic carboxylic acids is 1. The molecule has 0 saturated heterocycles. The highest BCUT2D eigenvalue weighted by Gasteiger charge is 2.37. The first-order valence-electron chi connectivity index (χ1n) is 8.75. The zero-order chi connectivity index (χ0) is 20.3. The van der Waals surface area contributed by atoms with Gasteiger partial charge in [-0.2, -0.15) is 5.10 Å². The van der Waals surface area contributed by atoms with Gasteiger partial charge in [0.15, 0.2) is 0 Å². The van der Waals surface area contributed by atoms with Gasteiger partial charge in [-0.05, 0) is 60.9 Å². The topological polar surface area (TPSA) is 70.0 Å². The number of amides is 1. The maximum Gasteiger partial charge on any atom is 0.331 e. The second-order valence-corrected chi connectivity index (χ2v) is 7.71. The van der Waals surface area contributed by atoms with E-state index in [1.165, 1.54) is 5.01 Å². The highest BCUT2D eigenvalue weighted by atomic mass is 79.9. The molecule has 3 rings (SSSR count). The third-order valence-corrected chi connectivity index (χ3v) is 5.26. The van der Waals surface area contributed by atoms with Crippen LogP contribution in [0.2, 0.25) is 5.02 Å². The van der Waals surface area contributed by atoms with Crippen molar-refractivity contribution in [3.05, 3.63) is 69.2 Å². The van der Waals surface area contributed by atoms with Crippen molar-refractivity contribution in [3.8, 4) is 0 Å². The average molecular weight is 462 g/mol. The zero-order valence-corrected chi connectivity index (χ0v) is 17.4. The van der Waals surface area contributed by atoms with Crippen molar-refractivity contribution < 1.29 is 14.7 Å². The summed E-state index contributed by atoms with van der Waals surface area (Å²) in [4.78, 5) is 24.8. The first-order valence-corrected chi connectivity index (χ1v) is 9.92. The van der Waals surface area contributed by atoms with Crippen LogP contribution in [0.5, 0.6) is 0 Å². The van der Waals surface area contributed by atoms with Crippen LogP contribution < -0.4 is 5.01 Å². The summed E-state index contributed by atoms with van der Waals surface area (Å²) in [5.41, 5.74) is 2.20. The molecule has 1 unspecified atom stereocenters. The minimum absolute atomic E-state index is 0.0799. The van der Waals surface area contributed by atoms with Crippen molar-refractivity contribution in [2.75, 3.05) is 5.01 Å². The van der Waals surface area contributed by atoms with E-state index in [4.69, 9.17) is 11.6 Å². The average Bonchev–Trinajstić information content (AvgIpc) is 2.99. The molecule has 1 heterocycles. The third-order valence-electron chi connectivity index (χ3n) is 4.48. The summed E-state index contributed by atoms with van der Waals surface area (Å²) in [5, 5.41) is 16.0. The van der Waals surface area contributed by atoms with Crippen molar-refractivity contribution >= 4 is 56.9 Å². The first-order chi connectivity index (χ1) is 13.4. The van der Waals surface area contributed by atoms with E-state index < -0.39 is 11.9 Å². The Labute approximate surface area is 176 Å². The Kier molecular flexibility index (Phi) is 6.31. The summed E-state index contributed by atoms with van der Waals surface area (Å²) in [5.74, 6) is -1.87. The normalized spacial score (nSPS) is 17.0. The Hall–Kier alpha value is -2.44. The minimum atomic E-state index is -1.06. The lowest BCUT2D eigenvalue weighted by Gasteiger charge is -2.15. The Morgan fingerprint density at radius 1 is 1.21 bits per heavy atom. The largest absolute Gasteiger partial charge is 0.478 e. The maximum atomic E-state index is 13.0. The van der Waals surface area contributed by atoms with Gasteiger partial charge in [-0.25, -0.2) is 9.80 Å². The second kappa shape index (κ2) is 8.71. The molecule has 2 aromatic rings. The number of carbonyl (C=O) groups is 2. The number of carbonyl (C=O) groups excluding carboxylic acids is 1. The van der Waals surface area contributed by atoms with Crippen LogP contribution in [0.3, 0.4) is 0 Å². The third kappa shape index (κ3) is 4.51. The number of carboxylic acid groups (broad SMARTS) is 1. The standard InChI is InChI=1S/C21H18BrClN2O3/c1-2-19-18(20(26)25(24-19)17-9-5-15(22)6-10-17)12-14(21(27)28)11-13-3-7-16(23)8-4-13/h3-11,18H,2,12H2,1H3,(H,27,28)/b14-11-. The second-order valence-electron chi connectivity index (χ2n) is 6.35. The fraction of sp³-hybridized carbons (Fsp3) is 0.190. The molecule has 1 N–H and O–H groups in total. The number of carboxylic acids is 1. The number of benzene rings is 2. The van der Waals surface area contributed by atoms with Crippen LogP contribution in [-0.2, 0) is 9.59 Å². The van der Waals surface area contributed by atoms with Crippen LogP contribution in [0, 0.1) is 5.92 Å².